The molecule has 0 atom stereocenters. The predicted octanol–water partition coefficient (Wildman–Crippen LogP) is 13.9. The molecular weight excluding hydrogens is 777 g/mol. The molecule has 0 amide bonds. The van der Waals surface area contributed by atoms with Crippen molar-refractivity contribution in [3.05, 3.63) is 194 Å². The summed E-state index contributed by atoms with van der Waals surface area (Å²) in [5.74, 6) is 2.21. The molecule has 0 aliphatic rings. The van der Waals surface area contributed by atoms with E-state index < -0.39 is 0 Å². The number of nitrogens with zero attached hydrogens (tertiary/aromatic N) is 6. The summed E-state index contributed by atoms with van der Waals surface area (Å²) in [5.41, 5.74) is 11.9. The molecule has 294 valence electrons. The molecule has 0 unspecified atom stereocenters. The van der Waals surface area contributed by atoms with Crippen molar-refractivity contribution in [2.24, 2.45) is 0 Å². The monoisotopic (exact) mass is 808 g/mol. The number of fused-ring (bicyclic) bond motifs is 9. The zero-order chi connectivity index (χ0) is 41.4. The van der Waals surface area contributed by atoms with Gasteiger partial charge in [0.15, 0.2) is 28.9 Å². The zero-order valence-electron chi connectivity index (χ0n) is 33.5. The first-order valence-corrected chi connectivity index (χ1v) is 20.8. The lowest BCUT2D eigenvalue weighted by Crippen LogP contribution is -2.00. The highest BCUT2D eigenvalue weighted by Gasteiger charge is 2.23. The molecule has 5 aromatic heterocycles. The van der Waals surface area contributed by atoms with E-state index in [0.717, 1.165) is 77.5 Å². The highest BCUT2D eigenvalue weighted by Crippen LogP contribution is 2.42. The molecule has 0 radical (unpaired) electrons. The summed E-state index contributed by atoms with van der Waals surface area (Å²) in [6, 6.07) is 65.8. The van der Waals surface area contributed by atoms with Crippen molar-refractivity contribution in [1.29, 1.82) is 0 Å². The van der Waals surface area contributed by atoms with Crippen LogP contribution in [0, 0.1) is 0 Å². The van der Waals surface area contributed by atoms with E-state index in [9.17, 15) is 0 Å². The molecular formula is C55H32N6O2. The summed E-state index contributed by atoms with van der Waals surface area (Å²) in [5, 5.41) is 5.17. The molecule has 8 aromatic carbocycles. The Hall–Kier alpha value is -8.75. The summed E-state index contributed by atoms with van der Waals surface area (Å²) in [7, 11) is 0. The molecule has 0 aliphatic heterocycles. The van der Waals surface area contributed by atoms with Gasteiger partial charge in [-0.2, -0.15) is 0 Å². The van der Waals surface area contributed by atoms with Gasteiger partial charge >= 0.3 is 0 Å². The van der Waals surface area contributed by atoms with Gasteiger partial charge in [-0.15, -0.1) is 0 Å². The topological polar surface area (TPSA) is 95.7 Å². The van der Waals surface area contributed by atoms with E-state index in [2.05, 4.69) is 89.5 Å². The molecule has 0 spiro atoms. The van der Waals surface area contributed by atoms with E-state index in [1.54, 1.807) is 0 Å². The quantitative estimate of drug-likeness (QED) is 0.165. The van der Waals surface area contributed by atoms with Gasteiger partial charge in [-0.3, -0.25) is 0 Å². The maximum Gasteiger partial charge on any atom is 0.180 e. The van der Waals surface area contributed by atoms with Gasteiger partial charge in [-0.1, -0.05) is 133 Å². The van der Waals surface area contributed by atoms with Crippen LogP contribution in [-0.4, -0.2) is 29.5 Å². The molecule has 8 nitrogen and oxygen atoms in total. The molecule has 5 heterocycles. The number of furan rings is 2. The number of para-hydroxylation sites is 4. The van der Waals surface area contributed by atoms with Crippen LogP contribution >= 0.6 is 0 Å². The molecule has 0 fully saturated rings. The summed E-state index contributed by atoms with van der Waals surface area (Å²) < 4.78 is 15.5. The van der Waals surface area contributed by atoms with Gasteiger partial charge in [0.1, 0.15) is 28.0 Å². The van der Waals surface area contributed by atoms with Crippen LogP contribution < -0.4 is 0 Å². The second-order valence-corrected chi connectivity index (χ2v) is 15.6. The normalized spacial score (nSPS) is 11.8. The van der Waals surface area contributed by atoms with Crippen LogP contribution in [0.25, 0.3) is 128 Å². The van der Waals surface area contributed by atoms with Gasteiger partial charge in [-0.25, -0.2) is 24.9 Å². The van der Waals surface area contributed by atoms with Crippen LogP contribution in [0.4, 0.5) is 0 Å². The molecule has 8 heteroatoms. The third-order valence-electron chi connectivity index (χ3n) is 11.9. The molecule has 13 aromatic rings. The lowest BCUT2D eigenvalue weighted by molar-refractivity contribution is 0.667. The van der Waals surface area contributed by atoms with Crippen molar-refractivity contribution < 1.29 is 8.83 Å². The highest BCUT2D eigenvalue weighted by atomic mass is 16.3. The Morgan fingerprint density at radius 1 is 0.333 bits per heavy atom. The molecule has 0 aliphatic carbocycles. The van der Waals surface area contributed by atoms with Crippen molar-refractivity contribution in [3.8, 4) is 62.5 Å². The first-order valence-electron chi connectivity index (χ1n) is 20.8. The Balaban J connectivity index is 0.978. The maximum absolute atomic E-state index is 6.80. The van der Waals surface area contributed by atoms with E-state index in [1.165, 1.54) is 10.8 Å². The Kier molecular flexibility index (Phi) is 7.74. The SMILES string of the molecule is c1ccc(-c2nc(-c3ccc(-n4c5ccccc5c5ccccc54)cc3)nc(-c3cccc4c3oc3cccc(-c5nc(-c6ccccc6)c6oc7ccccc7c6n5)c34)n2)cc1. The fourth-order valence-corrected chi connectivity index (χ4v) is 9.02. The number of hydrogen-bond donors (Lipinski definition) is 0. The molecule has 0 saturated heterocycles. The predicted molar refractivity (Wildman–Crippen MR) is 251 cm³/mol. The average Bonchev–Trinajstić information content (AvgIpc) is 4.04. The largest absolute Gasteiger partial charge is 0.455 e. The smallest absolute Gasteiger partial charge is 0.180 e. The Morgan fingerprint density at radius 3 is 1.59 bits per heavy atom. The van der Waals surface area contributed by atoms with Gasteiger partial charge in [0.05, 0.1) is 16.6 Å². The lowest BCUT2D eigenvalue weighted by Gasteiger charge is -2.11. The molecule has 63 heavy (non-hydrogen) atoms. The van der Waals surface area contributed by atoms with Gasteiger partial charge in [-0.05, 0) is 60.7 Å². The number of aromatic nitrogens is 6. The third-order valence-corrected chi connectivity index (χ3v) is 11.9. The zero-order valence-corrected chi connectivity index (χ0v) is 33.5. The number of rotatable bonds is 6. The Bertz CT molecular complexity index is 3860. The van der Waals surface area contributed by atoms with Crippen LogP contribution in [0.1, 0.15) is 0 Å². The van der Waals surface area contributed by atoms with E-state index >= 15 is 0 Å². The first-order chi connectivity index (χ1) is 31.2. The van der Waals surface area contributed by atoms with E-state index in [0.29, 0.717) is 40.0 Å². The van der Waals surface area contributed by atoms with E-state index in [1.807, 2.05) is 109 Å². The van der Waals surface area contributed by atoms with E-state index in [-0.39, 0.29) is 0 Å². The van der Waals surface area contributed by atoms with Crippen molar-refractivity contribution in [2.45, 2.75) is 0 Å². The number of hydrogen-bond acceptors (Lipinski definition) is 7. The molecule has 0 bridgehead atoms. The Morgan fingerprint density at radius 2 is 0.857 bits per heavy atom. The third kappa shape index (κ3) is 5.58. The first kappa shape index (κ1) is 35.0. The van der Waals surface area contributed by atoms with Gasteiger partial charge in [0.25, 0.3) is 0 Å². The van der Waals surface area contributed by atoms with E-state index in [4.69, 9.17) is 33.8 Å². The van der Waals surface area contributed by atoms with Crippen LogP contribution in [-0.2, 0) is 0 Å². The summed E-state index contributed by atoms with van der Waals surface area (Å²) in [4.78, 5) is 25.8. The molecule has 0 N–H and O–H groups in total. The van der Waals surface area contributed by atoms with Gasteiger partial charge in [0, 0.05) is 54.9 Å². The van der Waals surface area contributed by atoms with Crippen molar-refractivity contribution in [2.75, 3.05) is 0 Å². The van der Waals surface area contributed by atoms with Crippen LogP contribution in [0.5, 0.6) is 0 Å². The minimum atomic E-state index is 0.505. The molecule has 0 saturated carbocycles. The van der Waals surface area contributed by atoms with Crippen molar-refractivity contribution in [1.82, 2.24) is 29.5 Å². The van der Waals surface area contributed by atoms with Crippen LogP contribution in [0.2, 0.25) is 0 Å². The van der Waals surface area contributed by atoms with Gasteiger partial charge in [0.2, 0.25) is 0 Å². The second-order valence-electron chi connectivity index (χ2n) is 15.6. The fourth-order valence-electron chi connectivity index (χ4n) is 9.02. The highest BCUT2D eigenvalue weighted by molar-refractivity contribution is 6.15. The van der Waals surface area contributed by atoms with Crippen molar-refractivity contribution in [3.63, 3.8) is 0 Å². The second kappa shape index (κ2) is 13.9. The maximum atomic E-state index is 6.80. The summed E-state index contributed by atoms with van der Waals surface area (Å²) in [6.07, 6.45) is 0. The summed E-state index contributed by atoms with van der Waals surface area (Å²) in [6.45, 7) is 0. The van der Waals surface area contributed by atoms with Gasteiger partial charge < -0.3 is 13.4 Å². The van der Waals surface area contributed by atoms with Crippen LogP contribution in [0.15, 0.2) is 203 Å². The standard InChI is InChI=1S/C55H32N6O2/c1-3-15-33(16-4-1)48-51-49(39-21-9-12-27-45(39)62-51)57-54(56-48)41-23-14-28-46-47(41)40-22-13-24-42(50(40)63-46)55-59-52(34-17-5-2-6-18-34)58-53(60-55)35-29-31-36(32-30-35)61-43-25-10-7-19-37(43)38-20-8-11-26-44(38)61/h1-32H. The Labute approximate surface area is 359 Å². The molecule has 13 rings (SSSR count). The minimum absolute atomic E-state index is 0.505. The number of benzene rings is 8. The average molecular weight is 809 g/mol. The lowest BCUT2D eigenvalue weighted by atomic mass is 10.0. The van der Waals surface area contributed by atoms with Crippen molar-refractivity contribution >= 4 is 65.8 Å². The minimum Gasteiger partial charge on any atom is -0.455 e. The fraction of sp³-hybridized carbons (Fsp3) is 0. The summed E-state index contributed by atoms with van der Waals surface area (Å²) >= 11 is 0. The van der Waals surface area contributed by atoms with Crippen LogP contribution in [0.3, 0.4) is 0 Å².